The average molecular weight is 506 g/mol. The molecule has 0 radical (unpaired) electrons. The first-order valence-electron chi connectivity index (χ1n) is 13.2. The van der Waals surface area contributed by atoms with Crippen LogP contribution >= 0.6 is 0 Å². The SMILES string of the molecule is CCCCC(=O)c1cc2cc(C)ccc2[nH]1.CCCNC(=O)OC(C)(C)C.Cc1ccc2[nH]ccc2c1. The number of H-pyrrole nitrogens is 2. The van der Waals surface area contributed by atoms with Gasteiger partial charge in [-0.05, 0) is 89.2 Å². The van der Waals surface area contributed by atoms with Gasteiger partial charge in [-0.3, -0.25) is 4.79 Å². The molecule has 0 saturated heterocycles. The molecule has 0 atom stereocenters. The van der Waals surface area contributed by atoms with Crippen LogP contribution in [-0.4, -0.2) is 34.0 Å². The summed E-state index contributed by atoms with van der Waals surface area (Å²) < 4.78 is 4.99. The summed E-state index contributed by atoms with van der Waals surface area (Å²) in [5, 5.41) is 5.04. The standard InChI is InChI=1S/C14H17NO.C9H9N.C8H17NO2/c1-3-4-5-14(16)13-9-11-8-10(2)6-7-12(11)15-13;1-7-2-3-9-8(6-7)4-5-10-9;1-5-6-9-7(10)11-8(2,3)4/h6-9,15H,3-5H2,1-2H3;2-6,10H,1H3;5-6H2,1-4H3,(H,9,10). The van der Waals surface area contributed by atoms with Crippen molar-refractivity contribution in [1.29, 1.82) is 0 Å². The molecule has 0 bridgehead atoms. The third-order valence-corrected chi connectivity index (χ3v) is 5.46. The number of hydrogen-bond acceptors (Lipinski definition) is 3. The molecule has 2 aromatic heterocycles. The Balaban J connectivity index is 0.000000203. The highest BCUT2D eigenvalue weighted by molar-refractivity contribution is 5.99. The van der Waals surface area contributed by atoms with Gasteiger partial charge in [0.2, 0.25) is 0 Å². The van der Waals surface area contributed by atoms with E-state index in [1.807, 2.05) is 46.0 Å². The van der Waals surface area contributed by atoms with Gasteiger partial charge in [-0.2, -0.15) is 0 Å². The number of ether oxygens (including phenoxy) is 1. The van der Waals surface area contributed by atoms with Crippen LogP contribution in [0.5, 0.6) is 0 Å². The molecule has 2 heterocycles. The van der Waals surface area contributed by atoms with Crippen LogP contribution in [-0.2, 0) is 4.74 Å². The lowest BCUT2D eigenvalue weighted by Crippen LogP contribution is -2.32. The van der Waals surface area contributed by atoms with Gasteiger partial charge >= 0.3 is 6.09 Å². The van der Waals surface area contributed by atoms with E-state index in [2.05, 4.69) is 72.5 Å². The number of carbonyl (C=O) groups is 2. The molecule has 6 heteroatoms. The van der Waals surface area contributed by atoms with Crippen LogP contribution in [0.1, 0.15) is 81.9 Å². The second kappa shape index (κ2) is 14.3. The Kier molecular flexibility index (Phi) is 11.4. The number of aryl methyl sites for hydroxylation is 2. The normalized spacial score (nSPS) is 10.8. The number of fused-ring (bicyclic) bond motifs is 2. The van der Waals surface area contributed by atoms with Crippen molar-refractivity contribution in [3.05, 3.63) is 71.5 Å². The molecular weight excluding hydrogens is 462 g/mol. The molecular formula is C31H43N3O3. The van der Waals surface area contributed by atoms with E-state index in [1.54, 1.807) is 0 Å². The first-order chi connectivity index (χ1) is 17.5. The number of nitrogens with one attached hydrogen (secondary N) is 3. The molecule has 0 aliphatic rings. The van der Waals surface area contributed by atoms with Gasteiger partial charge in [-0.1, -0.05) is 43.5 Å². The Hall–Kier alpha value is -3.54. The van der Waals surface area contributed by atoms with Crippen LogP contribution in [0.15, 0.2) is 54.7 Å². The first-order valence-corrected chi connectivity index (χ1v) is 13.2. The molecule has 0 saturated carbocycles. The molecule has 2 aromatic carbocycles. The molecule has 0 unspecified atom stereocenters. The van der Waals surface area contributed by atoms with Crippen molar-refractivity contribution in [1.82, 2.24) is 15.3 Å². The fourth-order valence-corrected chi connectivity index (χ4v) is 3.59. The van der Waals surface area contributed by atoms with E-state index in [0.29, 0.717) is 13.0 Å². The van der Waals surface area contributed by atoms with Crippen LogP contribution < -0.4 is 5.32 Å². The molecule has 1 amide bonds. The van der Waals surface area contributed by atoms with Crippen LogP contribution in [0.3, 0.4) is 0 Å². The number of aromatic nitrogens is 2. The van der Waals surface area contributed by atoms with Crippen molar-refractivity contribution in [2.75, 3.05) is 6.54 Å². The lowest BCUT2D eigenvalue weighted by atomic mass is 10.1. The van der Waals surface area contributed by atoms with Gasteiger partial charge in [-0.25, -0.2) is 4.79 Å². The number of rotatable bonds is 6. The van der Waals surface area contributed by atoms with Gasteiger partial charge < -0.3 is 20.0 Å². The Morgan fingerprint density at radius 3 is 2.14 bits per heavy atom. The minimum Gasteiger partial charge on any atom is -0.444 e. The van der Waals surface area contributed by atoms with E-state index in [9.17, 15) is 9.59 Å². The molecule has 4 aromatic rings. The zero-order valence-corrected chi connectivity index (χ0v) is 23.5. The molecule has 0 fully saturated rings. The van der Waals surface area contributed by atoms with Crippen molar-refractivity contribution in [2.45, 2.75) is 79.8 Å². The van der Waals surface area contributed by atoms with Gasteiger partial charge in [-0.15, -0.1) is 0 Å². The van der Waals surface area contributed by atoms with Crippen LogP contribution in [0.4, 0.5) is 4.79 Å². The number of ketones is 1. The molecule has 0 spiro atoms. The van der Waals surface area contributed by atoms with Crippen molar-refractivity contribution < 1.29 is 14.3 Å². The predicted molar refractivity (Wildman–Crippen MR) is 154 cm³/mol. The highest BCUT2D eigenvalue weighted by atomic mass is 16.6. The Morgan fingerprint density at radius 1 is 0.865 bits per heavy atom. The fourth-order valence-electron chi connectivity index (χ4n) is 3.59. The van der Waals surface area contributed by atoms with Crippen molar-refractivity contribution >= 4 is 33.7 Å². The Morgan fingerprint density at radius 2 is 1.51 bits per heavy atom. The van der Waals surface area contributed by atoms with E-state index in [0.717, 1.165) is 35.9 Å². The van der Waals surface area contributed by atoms with E-state index in [1.165, 1.54) is 22.0 Å². The highest BCUT2D eigenvalue weighted by Crippen LogP contribution is 2.18. The predicted octanol–water partition coefficient (Wildman–Crippen LogP) is 8.25. The summed E-state index contributed by atoms with van der Waals surface area (Å²) in [6.45, 7) is 14.5. The van der Waals surface area contributed by atoms with Gasteiger partial charge in [0.15, 0.2) is 5.78 Å². The van der Waals surface area contributed by atoms with Crippen LogP contribution in [0.2, 0.25) is 0 Å². The zero-order valence-electron chi connectivity index (χ0n) is 23.5. The Bertz CT molecular complexity index is 1280. The third-order valence-electron chi connectivity index (χ3n) is 5.46. The number of alkyl carbamates (subject to hydrolysis) is 1. The lowest BCUT2D eigenvalue weighted by Gasteiger charge is -2.19. The van der Waals surface area contributed by atoms with Gasteiger partial charge in [0, 0.05) is 35.6 Å². The number of unbranched alkanes of at least 4 members (excludes halogenated alkanes) is 1. The van der Waals surface area contributed by atoms with Gasteiger partial charge in [0.1, 0.15) is 5.60 Å². The van der Waals surface area contributed by atoms with E-state index < -0.39 is 5.60 Å². The maximum atomic E-state index is 11.8. The highest BCUT2D eigenvalue weighted by Gasteiger charge is 2.15. The summed E-state index contributed by atoms with van der Waals surface area (Å²) >= 11 is 0. The maximum absolute atomic E-state index is 11.8. The minimum absolute atomic E-state index is 0.218. The zero-order chi connectivity index (χ0) is 27.4. The summed E-state index contributed by atoms with van der Waals surface area (Å²) in [6, 6.07) is 16.6. The third kappa shape index (κ3) is 10.5. The van der Waals surface area contributed by atoms with Gasteiger partial charge in [0.25, 0.3) is 0 Å². The molecule has 0 aliphatic carbocycles. The van der Waals surface area contributed by atoms with Crippen molar-refractivity contribution in [3.8, 4) is 0 Å². The average Bonchev–Trinajstić information content (AvgIpc) is 3.47. The summed E-state index contributed by atoms with van der Waals surface area (Å²) in [6.07, 6.45) is 5.23. The van der Waals surface area contributed by atoms with E-state index in [4.69, 9.17) is 4.74 Å². The summed E-state index contributed by atoms with van der Waals surface area (Å²) in [5.74, 6) is 0.218. The van der Waals surface area contributed by atoms with Crippen LogP contribution in [0.25, 0.3) is 21.8 Å². The fraction of sp³-hybridized carbons (Fsp3) is 0.419. The second-order valence-electron chi connectivity index (χ2n) is 10.3. The number of amides is 1. The lowest BCUT2D eigenvalue weighted by molar-refractivity contribution is 0.0527. The Labute approximate surface area is 221 Å². The minimum atomic E-state index is -0.391. The molecule has 4 rings (SSSR count). The number of benzene rings is 2. The number of aromatic amines is 2. The van der Waals surface area contributed by atoms with E-state index in [-0.39, 0.29) is 11.9 Å². The number of hydrogen-bond donors (Lipinski definition) is 3. The van der Waals surface area contributed by atoms with Crippen molar-refractivity contribution in [3.63, 3.8) is 0 Å². The molecule has 200 valence electrons. The number of carbonyl (C=O) groups excluding carboxylic acids is 2. The summed E-state index contributed by atoms with van der Waals surface area (Å²) in [5.41, 5.74) is 5.15. The molecule has 6 nitrogen and oxygen atoms in total. The quantitative estimate of drug-likeness (QED) is 0.231. The van der Waals surface area contributed by atoms with Crippen LogP contribution in [0, 0.1) is 13.8 Å². The molecule has 3 N–H and O–H groups in total. The topological polar surface area (TPSA) is 87.0 Å². The van der Waals surface area contributed by atoms with Crippen molar-refractivity contribution in [2.24, 2.45) is 0 Å². The largest absolute Gasteiger partial charge is 0.444 e. The summed E-state index contributed by atoms with van der Waals surface area (Å²) in [4.78, 5) is 29.0. The summed E-state index contributed by atoms with van der Waals surface area (Å²) in [7, 11) is 0. The number of Topliss-reactive ketones (excluding diaryl/α,β-unsaturated/α-hetero) is 1. The first kappa shape index (κ1) is 29.7. The smallest absolute Gasteiger partial charge is 0.407 e. The maximum Gasteiger partial charge on any atom is 0.407 e. The van der Waals surface area contributed by atoms with Gasteiger partial charge in [0.05, 0.1) is 5.69 Å². The monoisotopic (exact) mass is 505 g/mol. The van der Waals surface area contributed by atoms with E-state index >= 15 is 0 Å². The second-order valence-corrected chi connectivity index (χ2v) is 10.3. The molecule has 0 aliphatic heterocycles. The molecule has 37 heavy (non-hydrogen) atoms.